The minimum atomic E-state index is -0.470. The highest BCUT2D eigenvalue weighted by atomic mass is 32.2. The fourth-order valence-electron chi connectivity index (χ4n) is 3.69. The number of fused-ring (bicyclic) bond motifs is 1. The van der Waals surface area contributed by atoms with Crippen molar-refractivity contribution in [1.82, 2.24) is 9.55 Å². The van der Waals surface area contributed by atoms with Crippen LogP contribution in [0.3, 0.4) is 0 Å². The summed E-state index contributed by atoms with van der Waals surface area (Å²) in [6.07, 6.45) is 0.122. The molecule has 0 saturated heterocycles. The Bertz CT molecular complexity index is 1180. The number of ether oxygens (including phenoxy) is 1. The monoisotopic (exact) mass is 437 g/mol. The van der Waals surface area contributed by atoms with Crippen LogP contribution in [0, 0.1) is 0 Å². The number of hydrogen-bond acceptors (Lipinski definition) is 6. The smallest absolute Gasteiger partial charge is 0.279 e. The van der Waals surface area contributed by atoms with E-state index in [4.69, 9.17) is 4.74 Å². The summed E-state index contributed by atoms with van der Waals surface area (Å²) < 4.78 is 7.24. The number of aromatic hydroxyl groups is 1. The average Bonchev–Trinajstić information content (AvgIpc) is 2.77. The Morgan fingerprint density at radius 3 is 2.74 bits per heavy atom. The molecule has 160 valence electrons. The number of nitrogens with one attached hydrogen (secondary N) is 1. The van der Waals surface area contributed by atoms with Crippen LogP contribution in [0.15, 0.2) is 58.5 Å². The van der Waals surface area contributed by atoms with Crippen molar-refractivity contribution < 1.29 is 14.6 Å². The Morgan fingerprint density at radius 1 is 1.23 bits per heavy atom. The SMILES string of the molecule is CCOc1cc(C2CC(=O)Nc3c2c(=O)nc(SCc2ccccc2)n3C)ccc1O. The van der Waals surface area contributed by atoms with Crippen LogP contribution in [0.2, 0.25) is 0 Å². The maximum Gasteiger partial charge on any atom is 0.279 e. The number of thioether (sulfide) groups is 1. The second kappa shape index (κ2) is 8.85. The molecule has 8 heteroatoms. The number of carbonyl (C=O) groups excluding carboxylic acids is 1. The third kappa shape index (κ3) is 4.29. The van der Waals surface area contributed by atoms with E-state index in [0.717, 1.165) is 11.1 Å². The van der Waals surface area contributed by atoms with E-state index >= 15 is 0 Å². The van der Waals surface area contributed by atoms with E-state index in [9.17, 15) is 14.7 Å². The topological polar surface area (TPSA) is 93.5 Å². The van der Waals surface area contributed by atoms with Gasteiger partial charge >= 0.3 is 0 Å². The van der Waals surface area contributed by atoms with Crippen LogP contribution in [-0.4, -0.2) is 27.2 Å². The first-order valence-corrected chi connectivity index (χ1v) is 11.0. The number of phenolic OH excluding ortho intramolecular Hbond substituents is 1. The van der Waals surface area contributed by atoms with E-state index in [1.807, 2.05) is 37.3 Å². The van der Waals surface area contributed by atoms with Gasteiger partial charge in [0.2, 0.25) is 5.91 Å². The molecule has 0 radical (unpaired) electrons. The molecule has 0 bridgehead atoms. The highest BCUT2D eigenvalue weighted by Gasteiger charge is 2.32. The molecule has 31 heavy (non-hydrogen) atoms. The first-order valence-electron chi connectivity index (χ1n) is 10.0. The molecule has 3 aromatic rings. The number of benzene rings is 2. The quantitative estimate of drug-likeness (QED) is 0.452. The number of aromatic nitrogens is 2. The number of anilines is 1. The molecule has 1 amide bonds. The predicted octanol–water partition coefficient (Wildman–Crippen LogP) is 3.65. The van der Waals surface area contributed by atoms with Crippen LogP contribution in [0.5, 0.6) is 11.5 Å². The number of amides is 1. The minimum Gasteiger partial charge on any atom is -0.504 e. The molecular formula is C23H23N3O4S. The van der Waals surface area contributed by atoms with Crippen molar-refractivity contribution in [3.63, 3.8) is 0 Å². The standard InChI is InChI=1S/C23H23N3O4S/c1-3-30-18-11-15(9-10-17(18)27)16-12-19(28)24-21-20(16)22(29)25-23(26(21)2)31-13-14-7-5-4-6-8-14/h4-11,16,27H,3,12-13H2,1-2H3,(H,24,28). The van der Waals surface area contributed by atoms with Crippen LogP contribution < -0.4 is 15.6 Å². The van der Waals surface area contributed by atoms with Crippen molar-refractivity contribution in [3.8, 4) is 11.5 Å². The molecular weight excluding hydrogens is 414 g/mol. The highest BCUT2D eigenvalue weighted by Crippen LogP contribution is 2.39. The molecule has 0 saturated carbocycles. The fourth-order valence-corrected chi connectivity index (χ4v) is 4.61. The third-order valence-corrected chi connectivity index (χ3v) is 6.30. The largest absolute Gasteiger partial charge is 0.504 e. The molecule has 0 aliphatic carbocycles. The Hall–Kier alpha value is -3.26. The van der Waals surface area contributed by atoms with Gasteiger partial charge in [-0.15, -0.1) is 0 Å². The number of rotatable bonds is 6. The van der Waals surface area contributed by atoms with Gasteiger partial charge < -0.3 is 19.7 Å². The highest BCUT2D eigenvalue weighted by molar-refractivity contribution is 7.98. The van der Waals surface area contributed by atoms with E-state index in [1.54, 1.807) is 23.7 Å². The second-order valence-electron chi connectivity index (χ2n) is 7.26. The first-order chi connectivity index (χ1) is 15.0. The summed E-state index contributed by atoms with van der Waals surface area (Å²) in [5.74, 6) is 0.819. The summed E-state index contributed by atoms with van der Waals surface area (Å²) in [6.45, 7) is 2.22. The molecule has 1 aliphatic rings. The van der Waals surface area contributed by atoms with Crippen molar-refractivity contribution in [3.05, 3.63) is 75.6 Å². The van der Waals surface area contributed by atoms with E-state index in [-0.39, 0.29) is 23.6 Å². The summed E-state index contributed by atoms with van der Waals surface area (Å²) >= 11 is 1.44. The number of carbonyl (C=O) groups is 1. The van der Waals surface area contributed by atoms with E-state index < -0.39 is 5.92 Å². The van der Waals surface area contributed by atoms with Crippen LogP contribution in [0.25, 0.3) is 0 Å². The number of phenols is 1. The zero-order valence-electron chi connectivity index (χ0n) is 17.3. The van der Waals surface area contributed by atoms with Gasteiger partial charge in [0.1, 0.15) is 5.82 Å². The summed E-state index contributed by atoms with van der Waals surface area (Å²) in [4.78, 5) is 29.9. The Balaban J connectivity index is 1.73. The van der Waals surface area contributed by atoms with Crippen molar-refractivity contribution in [2.45, 2.75) is 30.2 Å². The van der Waals surface area contributed by atoms with Gasteiger partial charge in [0.05, 0.1) is 12.2 Å². The van der Waals surface area contributed by atoms with Gasteiger partial charge in [-0.05, 0) is 30.2 Å². The number of nitrogens with zero attached hydrogens (tertiary/aromatic N) is 2. The van der Waals surface area contributed by atoms with Gasteiger partial charge in [-0.3, -0.25) is 9.59 Å². The molecule has 2 heterocycles. The predicted molar refractivity (Wildman–Crippen MR) is 120 cm³/mol. The lowest BCUT2D eigenvalue weighted by Gasteiger charge is -2.27. The molecule has 2 aromatic carbocycles. The maximum absolute atomic E-state index is 13.0. The van der Waals surface area contributed by atoms with Gasteiger partial charge in [0, 0.05) is 25.1 Å². The lowest BCUT2D eigenvalue weighted by molar-refractivity contribution is -0.116. The minimum absolute atomic E-state index is 0.0183. The van der Waals surface area contributed by atoms with Gasteiger partial charge in [-0.2, -0.15) is 4.98 Å². The van der Waals surface area contributed by atoms with Crippen LogP contribution in [0.1, 0.15) is 36.0 Å². The van der Waals surface area contributed by atoms with Crippen molar-refractivity contribution >= 4 is 23.5 Å². The summed E-state index contributed by atoms with van der Waals surface area (Å²) in [7, 11) is 1.80. The summed E-state index contributed by atoms with van der Waals surface area (Å²) in [5, 5.41) is 13.4. The zero-order valence-corrected chi connectivity index (χ0v) is 18.1. The van der Waals surface area contributed by atoms with Crippen LogP contribution in [0.4, 0.5) is 5.82 Å². The fraction of sp³-hybridized carbons (Fsp3) is 0.261. The van der Waals surface area contributed by atoms with Crippen molar-refractivity contribution in [2.24, 2.45) is 7.05 Å². The van der Waals surface area contributed by atoms with Gasteiger partial charge in [0.15, 0.2) is 16.7 Å². The van der Waals surface area contributed by atoms with Crippen molar-refractivity contribution in [2.75, 3.05) is 11.9 Å². The van der Waals surface area contributed by atoms with Gasteiger partial charge in [-0.25, -0.2) is 0 Å². The lowest BCUT2D eigenvalue weighted by atomic mass is 9.86. The molecule has 1 atom stereocenters. The molecule has 4 rings (SSSR count). The van der Waals surface area contributed by atoms with Gasteiger partial charge in [0.25, 0.3) is 5.56 Å². The Labute approximate surface area is 184 Å². The Morgan fingerprint density at radius 2 is 2.00 bits per heavy atom. The molecule has 1 aliphatic heterocycles. The molecule has 2 N–H and O–H groups in total. The number of hydrogen-bond donors (Lipinski definition) is 2. The van der Waals surface area contributed by atoms with E-state index in [0.29, 0.717) is 34.6 Å². The van der Waals surface area contributed by atoms with Crippen molar-refractivity contribution in [1.29, 1.82) is 0 Å². The molecule has 1 unspecified atom stereocenters. The molecule has 7 nitrogen and oxygen atoms in total. The third-order valence-electron chi connectivity index (χ3n) is 5.20. The summed E-state index contributed by atoms with van der Waals surface area (Å²) in [6, 6.07) is 14.8. The van der Waals surface area contributed by atoms with Crippen LogP contribution >= 0.6 is 11.8 Å². The second-order valence-corrected chi connectivity index (χ2v) is 8.20. The molecule has 1 aromatic heterocycles. The van der Waals surface area contributed by atoms with E-state index in [1.165, 1.54) is 17.8 Å². The average molecular weight is 438 g/mol. The molecule has 0 fully saturated rings. The lowest BCUT2D eigenvalue weighted by Crippen LogP contribution is -2.33. The molecule has 0 spiro atoms. The zero-order chi connectivity index (χ0) is 22.0. The van der Waals surface area contributed by atoms with Gasteiger partial charge in [-0.1, -0.05) is 48.2 Å². The first kappa shape index (κ1) is 21.0. The summed E-state index contributed by atoms with van der Waals surface area (Å²) in [5.41, 5.74) is 1.92. The normalized spacial score (nSPS) is 15.3. The maximum atomic E-state index is 13.0. The van der Waals surface area contributed by atoms with E-state index in [2.05, 4.69) is 10.3 Å². The van der Waals surface area contributed by atoms with Crippen LogP contribution in [-0.2, 0) is 17.6 Å². The Kier molecular flexibility index (Phi) is 5.99.